The van der Waals surface area contributed by atoms with Crippen molar-refractivity contribution < 1.29 is 4.79 Å². The van der Waals surface area contributed by atoms with E-state index in [4.69, 9.17) is 11.6 Å². The fourth-order valence-corrected chi connectivity index (χ4v) is 4.34. The lowest BCUT2D eigenvalue weighted by atomic mass is 10.0. The van der Waals surface area contributed by atoms with Crippen LogP contribution in [-0.2, 0) is 13.0 Å². The van der Waals surface area contributed by atoms with Crippen LogP contribution in [0, 0.1) is 0 Å². The number of aryl methyl sites for hydroxylation is 1. The quantitative estimate of drug-likeness (QED) is 0.858. The first kappa shape index (κ1) is 13.1. The molecule has 0 unspecified atom stereocenters. The van der Waals surface area contributed by atoms with Crippen molar-refractivity contribution in [2.75, 3.05) is 11.9 Å². The lowest BCUT2D eigenvalue weighted by Gasteiger charge is -2.13. The van der Waals surface area contributed by atoms with Crippen LogP contribution in [0.3, 0.4) is 0 Å². The molecule has 0 atom stereocenters. The van der Waals surface area contributed by atoms with E-state index >= 15 is 0 Å². The third kappa shape index (κ3) is 2.68. The molecule has 19 heavy (non-hydrogen) atoms. The Morgan fingerprint density at radius 3 is 2.89 bits per heavy atom. The van der Waals surface area contributed by atoms with Gasteiger partial charge in [-0.25, -0.2) is 4.98 Å². The van der Waals surface area contributed by atoms with E-state index in [-0.39, 0.29) is 5.78 Å². The molecule has 6 heteroatoms. The van der Waals surface area contributed by atoms with Crippen molar-refractivity contribution in [2.24, 2.45) is 0 Å². The van der Waals surface area contributed by atoms with Gasteiger partial charge in [-0.3, -0.25) is 4.79 Å². The summed E-state index contributed by atoms with van der Waals surface area (Å²) in [6.45, 7) is 0.776. The number of fused-ring (bicyclic) bond motifs is 1. The molecule has 2 aromatic rings. The molecular weight excluding hydrogens is 300 g/mol. The monoisotopic (exact) mass is 312 g/mol. The molecule has 0 saturated carbocycles. The van der Waals surface area contributed by atoms with Gasteiger partial charge < -0.3 is 4.90 Å². The van der Waals surface area contributed by atoms with Gasteiger partial charge in [0.25, 0.3) is 0 Å². The van der Waals surface area contributed by atoms with Crippen molar-refractivity contribution >= 4 is 45.2 Å². The zero-order valence-corrected chi connectivity index (χ0v) is 12.9. The summed E-state index contributed by atoms with van der Waals surface area (Å²) in [5, 5.41) is 0.921. The number of carbonyl (C=O) groups excluding carboxylic acids is 1. The summed E-state index contributed by atoms with van der Waals surface area (Å²) >= 11 is 9.03. The summed E-state index contributed by atoms with van der Waals surface area (Å²) in [5.74, 6) is 0.248. The predicted molar refractivity (Wildman–Crippen MR) is 80.8 cm³/mol. The van der Waals surface area contributed by atoms with Crippen molar-refractivity contribution in [3.8, 4) is 0 Å². The molecule has 0 bridgehead atoms. The number of rotatable bonds is 3. The summed E-state index contributed by atoms with van der Waals surface area (Å²) < 4.78 is 0.803. The van der Waals surface area contributed by atoms with Crippen LogP contribution in [-0.4, -0.2) is 17.8 Å². The fraction of sp³-hybridized carbons (Fsp3) is 0.385. The first-order valence-electron chi connectivity index (χ1n) is 6.12. The Kier molecular flexibility index (Phi) is 3.60. The summed E-state index contributed by atoms with van der Waals surface area (Å²) in [6.07, 6.45) is 2.52. The minimum Gasteiger partial charge on any atom is -0.346 e. The van der Waals surface area contributed by atoms with E-state index in [9.17, 15) is 4.79 Å². The molecule has 1 aliphatic carbocycles. The molecule has 0 spiro atoms. The third-order valence-corrected chi connectivity index (χ3v) is 5.57. The second kappa shape index (κ2) is 5.23. The number of anilines is 1. The Morgan fingerprint density at radius 2 is 2.21 bits per heavy atom. The van der Waals surface area contributed by atoms with Gasteiger partial charge in [0.05, 0.1) is 21.5 Å². The third-order valence-electron chi connectivity index (χ3n) is 3.11. The fourth-order valence-electron chi connectivity index (χ4n) is 2.16. The smallest absolute Gasteiger partial charge is 0.186 e. The van der Waals surface area contributed by atoms with Gasteiger partial charge in [-0.2, -0.15) is 0 Å². The van der Waals surface area contributed by atoms with Gasteiger partial charge in [0, 0.05) is 18.3 Å². The number of hydrogen-bond acceptors (Lipinski definition) is 5. The molecule has 2 aromatic heterocycles. The maximum atomic E-state index is 11.8. The average molecular weight is 313 g/mol. The van der Waals surface area contributed by atoms with Crippen LogP contribution in [0.5, 0.6) is 0 Å². The predicted octanol–water partition coefficient (Wildman–Crippen LogP) is 4.01. The lowest BCUT2D eigenvalue weighted by Crippen LogP contribution is -2.15. The Labute approximate surface area is 124 Å². The number of ketones is 1. The van der Waals surface area contributed by atoms with E-state index in [0.717, 1.165) is 39.4 Å². The number of carbonyl (C=O) groups is 1. The normalized spacial score (nSPS) is 14.5. The Morgan fingerprint density at radius 1 is 1.37 bits per heavy atom. The largest absolute Gasteiger partial charge is 0.346 e. The number of halogens is 1. The number of aromatic nitrogens is 1. The van der Waals surface area contributed by atoms with Gasteiger partial charge >= 0.3 is 0 Å². The molecule has 0 radical (unpaired) electrons. The highest BCUT2D eigenvalue weighted by atomic mass is 35.5. The summed E-state index contributed by atoms with van der Waals surface area (Å²) in [6, 6.07) is 3.94. The molecule has 3 nitrogen and oxygen atoms in total. The van der Waals surface area contributed by atoms with Gasteiger partial charge in [-0.1, -0.05) is 22.9 Å². The van der Waals surface area contributed by atoms with E-state index < -0.39 is 0 Å². The Balaban J connectivity index is 1.80. The molecule has 100 valence electrons. The van der Waals surface area contributed by atoms with Crippen LogP contribution in [0.15, 0.2) is 12.1 Å². The summed E-state index contributed by atoms with van der Waals surface area (Å²) in [4.78, 5) is 20.6. The summed E-state index contributed by atoms with van der Waals surface area (Å²) in [5.41, 5.74) is 0.979. The first-order chi connectivity index (χ1) is 9.13. The zero-order chi connectivity index (χ0) is 13.4. The van der Waals surface area contributed by atoms with Gasteiger partial charge in [-0.15, -0.1) is 11.3 Å². The van der Waals surface area contributed by atoms with E-state index in [1.54, 1.807) is 11.3 Å². The molecule has 0 aliphatic heterocycles. The topological polar surface area (TPSA) is 33.2 Å². The van der Waals surface area contributed by atoms with E-state index in [1.807, 2.05) is 19.2 Å². The molecule has 2 heterocycles. The molecule has 0 amide bonds. The molecule has 0 aromatic carbocycles. The minimum atomic E-state index is 0.248. The van der Waals surface area contributed by atoms with E-state index in [2.05, 4.69) is 9.88 Å². The van der Waals surface area contributed by atoms with Crippen LogP contribution in [0.1, 0.15) is 33.1 Å². The van der Waals surface area contributed by atoms with Gasteiger partial charge in [-0.05, 0) is 25.0 Å². The van der Waals surface area contributed by atoms with Crippen molar-refractivity contribution in [3.63, 3.8) is 0 Å². The molecule has 0 saturated heterocycles. The van der Waals surface area contributed by atoms with Crippen molar-refractivity contribution in [2.45, 2.75) is 25.8 Å². The van der Waals surface area contributed by atoms with Gasteiger partial charge in [0.2, 0.25) is 0 Å². The second-order valence-electron chi connectivity index (χ2n) is 4.61. The highest BCUT2D eigenvalue weighted by Gasteiger charge is 2.23. The molecule has 0 N–H and O–H groups in total. The lowest BCUT2D eigenvalue weighted by molar-refractivity contribution is 0.0976. The highest BCUT2D eigenvalue weighted by molar-refractivity contribution is 7.18. The van der Waals surface area contributed by atoms with Crippen LogP contribution in [0.4, 0.5) is 5.13 Å². The maximum absolute atomic E-state index is 11.8. The van der Waals surface area contributed by atoms with Gasteiger partial charge in [0.1, 0.15) is 0 Å². The van der Waals surface area contributed by atoms with Crippen LogP contribution >= 0.6 is 34.3 Å². The Bertz CT molecular complexity index is 620. The first-order valence-corrected chi connectivity index (χ1v) is 8.13. The summed E-state index contributed by atoms with van der Waals surface area (Å²) in [7, 11) is 2.00. The zero-order valence-electron chi connectivity index (χ0n) is 10.5. The molecule has 0 fully saturated rings. The van der Waals surface area contributed by atoms with E-state index in [1.165, 1.54) is 16.2 Å². The molecule has 1 aliphatic rings. The average Bonchev–Trinajstić information content (AvgIpc) is 2.96. The van der Waals surface area contributed by atoms with E-state index in [0.29, 0.717) is 6.42 Å². The van der Waals surface area contributed by atoms with Gasteiger partial charge in [0.15, 0.2) is 10.9 Å². The number of thiazole rings is 1. The van der Waals surface area contributed by atoms with Crippen molar-refractivity contribution in [1.82, 2.24) is 4.98 Å². The molecular formula is C13H13ClN2OS2. The Hall–Kier alpha value is -0.910. The van der Waals surface area contributed by atoms with Crippen molar-refractivity contribution in [3.05, 3.63) is 31.9 Å². The van der Waals surface area contributed by atoms with Crippen LogP contribution in [0.2, 0.25) is 4.34 Å². The van der Waals surface area contributed by atoms with Crippen molar-refractivity contribution in [1.29, 1.82) is 0 Å². The standard InChI is InChI=1S/C13H13ClN2OS2/c1-16(7-8-5-6-11(14)18-8)13-15-9-3-2-4-10(17)12(9)19-13/h5-6H,2-4,7H2,1H3. The second-order valence-corrected chi connectivity index (χ2v) is 7.39. The number of hydrogen-bond donors (Lipinski definition) is 0. The van der Waals surface area contributed by atoms with Crippen LogP contribution in [0.25, 0.3) is 0 Å². The minimum absolute atomic E-state index is 0.248. The number of Topliss-reactive ketones (excluding diaryl/α,β-unsaturated/α-hetero) is 1. The molecule has 3 rings (SSSR count). The SMILES string of the molecule is CN(Cc1ccc(Cl)s1)c1nc2c(s1)C(=O)CCC2. The highest BCUT2D eigenvalue weighted by Crippen LogP contribution is 2.32. The maximum Gasteiger partial charge on any atom is 0.186 e. The van der Waals surface area contributed by atoms with Crippen LogP contribution < -0.4 is 4.90 Å². The number of thiophene rings is 1. The number of nitrogens with zero attached hydrogens (tertiary/aromatic N) is 2.